The lowest BCUT2D eigenvalue weighted by Gasteiger charge is -2.29. The van der Waals surface area contributed by atoms with Crippen molar-refractivity contribution < 1.29 is 8.98 Å². The van der Waals surface area contributed by atoms with Gasteiger partial charge in [0.05, 0.1) is 7.05 Å². The van der Waals surface area contributed by atoms with E-state index < -0.39 is 8.07 Å². The molecule has 0 saturated heterocycles. The number of nitrogens with zero attached hydrogens (tertiary/aromatic N) is 3. The average molecular weight is 613 g/mol. The van der Waals surface area contributed by atoms with E-state index in [0.717, 1.165) is 39.0 Å². The fourth-order valence-corrected chi connectivity index (χ4v) is 11.7. The van der Waals surface area contributed by atoms with Gasteiger partial charge in [-0.05, 0) is 47.1 Å². The molecule has 45 heavy (non-hydrogen) atoms. The SMILES string of the molecule is Cc1ccc2c(oc3c4c(ccc32)[Si](C)(C)C(C(C)(C)C)=N4)c1-c1n(-c2c(C(C)C)cccc2C(C)C)c2ccccc2[n+]1C. The molecular weight excluding hydrogens is 567 g/mol. The molecule has 0 atom stereocenters. The molecule has 7 rings (SSSR count). The highest BCUT2D eigenvalue weighted by molar-refractivity contribution is 7.16. The third-order valence-corrected chi connectivity index (χ3v) is 13.8. The van der Waals surface area contributed by atoms with E-state index in [1.165, 1.54) is 43.9 Å². The van der Waals surface area contributed by atoms with Crippen LogP contribution in [0.15, 0.2) is 76.1 Å². The summed E-state index contributed by atoms with van der Waals surface area (Å²) in [6.45, 7) is 23.2. The third kappa shape index (κ3) is 4.23. The van der Waals surface area contributed by atoms with Gasteiger partial charge in [0.15, 0.2) is 22.2 Å². The number of benzene rings is 4. The van der Waals surface area contributed by atoms with Crippen LogP contribution in [0.25, 0.3) is 50.0 Å². The Balaban J connectivity index is 1.63. The van der Waals surface area contributed by atoms with E-state index in [1.54, 1.807) is 0 Å². The van der Waals surface area contributed by atoms with Gasteiger partial charge in [0.1, 0.15) is 25.0 Å². The van der Waals surface area contributed by atoms with Gasteiger partial charge >= 0.3 is 0 Å². The van der Waals surface area contributed by atoms with Gasteiger partial charge in [-0.2, -0.15) is 4.57 Å². The van der Waals surface area contributed by atoms with Crippen molar-refractivity contribution in [1.29, 1.82) is 0 Å². The van der Waals surface area contributed by atoms with Crippen LogP contribution in [0.2, 0.25) is 13.1 Å². The molecule has 1 aliphatic rings. The minimum absolute atomic E-state index is 0.0153. The first-order chi connectivity index (χ1) is 21.2. The quantitative estimate of drug-likeness (QED) is 0.144. The van der Waals surface area contributed by atoms with Crippen molar-refractivity contribution >= 4 is 57.3 Å². The van der Waals surface area contributed by atoms with Crippen LogP contribution >= 0.6 is 0 Å². The second kappa shape index (κ2) is 10.0. The normalized spacial score (nSPS) is 14.8. The standard InChI is InChI=1S/C40H46N3OSi/c1-23(2)26-15-14-16-27(24(3)4)35(26)43-31-18-13-12-17-30(31)42(9)38(43)33-25(5)19-20-28-29-21-22-32-34(37(29)44-36(28)33)41-39(40(6,7)8)45(32,10)11/h12-24H,1-11H3/q+1. The Labute approximate surface area is 268 Å². The van der Waals surface area contributed by atoms with Crippen molar-refractivity contribution in [3.63, 3.8) is 0 Å². The van der Waals surface area contributed by atoms with E-state index in [4.69, 9.17) is 9.41 Å². The smallest absolute Gasteiger partial charge is 0.299 e. The fraction of sp³-hybridized carbons (Fsp3) is 0.350. The van der Waals surface area contributed by atoms with Crippen LogP contribution in [0.1, 0.15) is 77.0 Å². The molecule has 1 aliphatic heterocycles. The topological polar surface area (TPSA) is 34.3 Å². The zero-order valence-corrected chi connectivity index (χ0v) is 29.8. The van der Waals surface area contributed by atoms with Crippen LogP contribution < -0.4 is 9.75 Å². The lowest BCUT2D eigenvalue weighted by Crippen LogP contribution is -2.51. The van der Waals surface area contributed by atoms with E-state index in [2.05, 4.69) is 151 Å². The van der Waals surface area contributed by atoms with Crippen LogP contribution in [0, 0.1) is 12.3 Å². The molecule has 0 N–H and O–H groups in total. The highest BCUT2D eigenvalue weighted by Gasteiger charge is 2.44. The molecule has 0 unspecified atom stereocenters. The minimum Gasteiger partial charge on any atom is -0.453 e. The summed E-state index contributed by atoms with van der Waals surface area (Å²) in [6, 6.07) is 24.8. The molecule has 0 aliphatic carbocycles. The molecule has 5 heteroatoms. The maximum Gasteiger partial charge on any atom is 0.299 e. The molecule has 4 nitrogen and oxygen atoms in total. The largest absolute Gasteiger partial charge is 0.453 e. The molecule has 3 heterocycles. The summed E-state index contributed by atoms with van der Waals surface area (Å²) in [5.41, 5.74) is 11.6. The molecule has 0 fully saturated rings. The maximum absolute atomic E-state index is 7.10. The van der Waals surface area contributed by atoms with Crippen molar-refractivity contribution in [3.05, 3.63) is 83.4 Å². The van der Waals surface area contributed by atoms with Crippen LogP contribution in [0.4, 0.5) is 5.69 Å². The second-order valence-electron chi connectivity index (χ2n) is 15.2. The fourth-order valence-electron chi connectivity index (χ4n) is 7.96. The highest BCUT2D eigenvalue weighted by atomic mass is 28.3. The predicted octanol–water partition coefficient (Wildman–Crippen LogP) is 10.2. The molecule has 2 aromatic heterocycles. The molecule has 0 spiro atoms. The van der Waals surface area contributed by atoms with Crippen LogP contribution in [-0.2, 0) is 7.05 Å². The van der Waals surface area contributed by atoms with Gasteiger partial charge in [-0.15, -0.1) is 0 Å². The summed E-state index contributed by atoms with van der Waals surface area (Å²) in [6.07, 6.45) is 0. The first kappa shape index (κ1) is 29.7. The van der Waals surface area contributed by atoms with Crippen molar-refractivity contribution in [2.45, 2.75) is 80.3 Å². The number of aromatic nitrogens is 2. The van der Waals surface area contributed by atoms with Gasteiger partial charge in [0.2, 0.25) is 0 Å². The second-order valence-corrected chi connectivity index (χ2v) is 19.5. The first-order valence-electron chi connectivity index (χ1n) is 16.5. The first-order valence-corrected chi connectivity index (χ1v) is 19.5. The Morgan fingerprint density at radius 3 is 2.07 bits per heavy atom. The van der Waals surface area contributed by atoms with E-state index in [0.29, 0.717) is 11.8 Å². The number of hydrogen-bond acceptors (Lipinski definition) is 2. The minimum atomic E-state index is -1.92. The molecule has 0 bridgehead atoms. The van der Waals surface area contributed by atoms with Gasteiger partial charge in [-0.1, -0.05) is 116 Å². The summed E-state index contributed by atoms with van der Waals surface area (Å²) < 4.78 is 12.0. The molecular formula is C40H46N3OSi+. The number of para-hydroxylation sites is 3. The summed E-state index contributed by atoms with van der Waals surface area (Å²) >= 11 is 0. The third-order valence-electron chi connectivity index (χ3n) is 9.99. The molecule has 0 radical (unpaired) electrons. The number of rotatable bonds is 4. The summed E-state index contributed by atoms with van der Waals surface area (Å²) in [7, 11) is 0.285. The number of hydrogen-bond donors (Lipinski definition) is 0. The van der Waals surface area contributed by atoms with Gasteiger partial charge in [-0.25, -0.2) is 4.57 Å². The van der Waals surface area contributed by atoms with Gasteiger partial charge < -0.3 is 4.42 Å². The molecule has 4 aromatic carbocycles. The summed E-state index contributed by atoms with van der Waals surface area (Å²) in [4.78, 5) is 5.38. The highest BCUT2D eigenvalue weighted by Crippen LogP contribution is 2.45. The van der Waals surface area contributed by atoms with Crippen LogP contribution in [0.5, 0.6) is 0 Å². The van der Waals surface area contributed by atoms with Crippen LogP contribution in [0.3, 0.4) is 0 Å². The van der Waals surface area contributed by atoms with Crippen molar-refractivity contribution in [1.82, 2.24) is 4.57 Å². The maximum atomic E-state index is 7.10. The zero-order valence-electron chi connectivity index (χ0n) is 28.8. The Morgan fingerprint density at radius 1 is 0.800 bits per heavy atom. The van der Waals surface area contributed by atoms with Crippen molar-refractivity contribution in [2.75, 3.05) is 0 Å². The Kier molecular flexibility index (Phi) is 6.62. The average Bonchev–Trinajstić information content (AvgIpc) is 3.59. The van der Waals surface area contributed by atoms with E-state index >= 15 is 0 Å². The molecule has 230 valence electrons. The monoisotopic (exact) mass is 612 g/mol. The summed E-state index contributed by atoms with van der Waals surface area (Å²) in [5, 5.41) is 5.01. The number of furan rings is 1. The number of aliphatic imine (C=N–C) groups is 1. The van der Waals surface area contributed by atoms with Gasteiger partial charge in [0.25, 0.3) is 5.82 Å². The van der Waals surface area contributed by atoms with E-state index in [9.17, 15) is 0 Å². The van der Waals surface area contributed by atoms with Gasteiger partial charge in [-0.3, -0.25) is 4.99 Å². The number of imidazole rings is 1. The summed E-state index contributed by atoms with van der Waals surface area (Å²) in [5.74, 6) is 1.87. The van der Waals surface area contributed by atoms with Crippen LogP contribution in [-0.4, -0.2) is 18.0 Å². The zero-order chi connectivity index (χ0) is 32.2. The molecule has 0 saturated carbocycles. The predicted molar refractivity (Wildman–Crippen MR) is 194 cm³/mol. The Bertz CT molecular complexity index is 2170. The van der Waals surface area contributed by atoms with Gasteiger partial charge in [0, 0.05) is 27.2 Å². The lowest BCUT2D eigenvalue weighted by molar-refractivity contribution is -0.633. The molecule has 6 aromatic rings. The lowest BCUT2D eigenvalue weighted by atomic mass is 9.92. The van der Waals surface area contributed by atoms with E-state index in [-0.39, 0.29) is 5.41 Å². The Hall–Kier alpha value is -3.96. The Morgan fingerprint density at radius 2 is 1.42 bits per heavy atom. The van der Waals surface area contributed by atoms with E-state index in [1.807, 2.05) is 0 Å². The van der Waals surface area contributed by atoms with Crippen molar-refractivity contribution in [2.24, 2.45) is 17.5 Å². The van der Waals surface area contributed by atoms with Crippen molar-refractivity contribution in [3.8, 4) is 17.1 Å². The number of aryl methyl sites for hydroxylation is 2. The number of fused-ring (bicyclic) bond motifs is 6. The molecule has 0 amide bonds.